The fourth-order valence-corrected chi connectivity index (χ4v) is 3.48. The van der Waals surface area contributed by atoms with Crippen LogP contribution in [-0.2, 0) is 23.2 Å². The highest BCUT2D eigenvalue weighted by atomic mass is 31.2. The Morgan fingerprint density at radius 2 is 1.50 bits per heavy atom. The second-order valence-electron chi connectivity index (χ2n) is 3.86. The number of carboxylic acids is 2. The zero-order valence-electron chi connectivity index (χ0n) is 10.9. The van der Waals surface area contributed by atoms with Gasteiger partial charge in [-0.2, -0.15) is 0 Å². The second-order valence-corrected chi connectivity index (χ2v) is 6.23. The van der Waals surface area contributed by atoms with E-state index in [0.29, 0.717) is 0 Å². The van der Waals surface area contributed by atoms with Gasteiger partial charge in [-0.25, -0.2) is 0 Å². The van der Waals surface area contributed by atoms with Crippen molar-refractivity contribution in [2.24, 2.45) is 5.41 Å². The summed E-state index contributed by atoms with van der Waals surface area (Å²) in [4.78, 5) is 22.3. The van der Waals surface area contributed by atoms with Crippen molar-refractivity contribution in [3.05, 3.63) is 0 Å². The maximum atomic E-state index is 12.4. The van der Waals surface area contributed by atoms with Gasteiger partial charge in [0.15, 0.2) is 5.41 Å². The first kappa shape index (κ1) is 17.1. The first-order valence-electron chi connectivity index (χ1n) is 5.52. The maximum Gasteiger partial charge on any atom is 0.335 e. The molecule has 0 radical (unpaired) electrons. The summed E-state index contributed by atoms with van der Waals surface area (Å²) in [5.41, 5.74) is -3.54. The van der Waals surface area contributed by atoms with E-state index in [1.165, 1.54) is 6.92 Å². The molecule has 0 bridgehead atoms. The van der Waals surface area contributed by atoms with Gasteiger partial charge >= 0.3 is 19.5 Å². The number of carbonyl (C=O) groups is 2. The number of rotatable bonds is 8. The molecule has 0 aliphatic rings. The van der Waals surface area contributed by atoms with Crippen LogP contribution in [0.2, 0.25) is 0 Å². The van der Waals surface area contributed by atoms with E-state index in [4.69, 9.17) is 19.3 Å². The fourth-order valence-electron chi connectivity index (χ4n) is 1.39. The molecule has 7 nitrogen and oxygen atoms in total. The van der Waals surface area contributed by atoms with E-state index in [2.05, 4.69) is 0 Å². The third kappa shape index (κ3) is 3.10. The first-order chi connectivity index (χ1) is 8.16. The Bertz CT molecular complexity index is 341. The summed E-state index contributed by atoms with van der Waals surface area (Å²) in [5.74, 6) is -3.16. The SMILES string of the molecule is CCOP(=O)(OCC)C(C)C(C)(C(=O)O)C(=O)O. The molecule has 0 aromatic rings. The van der Waals surface area contributed by atoms with Crippen LogP contribution in [0.15, 0.2) is 0 Å². The van der Waals surface area contributed by atoms with Gasteiger partial charge in [-0.3, -0.25) is 14.2 Å². The van der Waals surface area contributed by atoms with Gasteiger partial charge < -0.3 is 19.3 Å². The van der Waals surface area contributed by atoms with E-state index in [1.54, 1.807) is 13.8 Å². The average molecular weight is 282 g/mol. The number of hydrogen-bond donors (Lipinski definition) is 2. The molecule has 0 heterocycles. The summed E-state index contributed by atoms with van der Waals surface area (Å²) >= 11 is 0. The Labute approximate surface area is 106 Å². The van der Waals surface area contributed by atoms with Gasteiger partial charge in [0.2, 0.25) is 0 Å². The molecule has 8 heteroatoms. The van der Waals surface area contributed by atoms with Crippen molar-refractivity contribution in [3.63, 3.8) is 0 Å². The van der Waals surface area contributed by atoms with Gasteiger partial charge in [-0.05, 0) is 27.7 Å². The Morgan fingerprint density at radius 1 is 1.17 bits per heavy atom. The first-order valence-corrected chi connectivity index (χ1v) is 7.13. The number of hydrogen-bond acceptors (Lipinski definition) is 5. The predicted octanol–water partition coefficient (Wildman–Crippen LogP) is 1.82. The molecule has 0 aliphatic heterocycles. The molecule has 0 saturated heterocycles. The highest BCUT2D eigenvalue weighted by molar-refractivity contribution is 7.54. The molecule has 1 unspecified atom stereocenters. The normalized spacial score (nSPS) is 14.2. The number of aliphatic carboxylic acids is 2. The van der Waals surface area contributed by atoms with E-state index in [0.717, 1.165) is 6.92 Å². The largest absolute Gasteiger partial charge is 0.480 e. The summed E-state index contributed by atoms with van der Waals surface area (Å²) in [6.07, 6.45) is 0. The lowest BCUT2D eigenvalue weighted by Crippen LogP contribution is -2.45. The van der Waals surface area contributed by atoms with E-state index < -0.39 is 30.6 Å². The lowest BCUT2D eigenvalue weighted by Gasteiger charge is -2.32. The van der Waals surface area contributed by atoms with Gasteiger partial charge in [-0.1, -0.05) is 0 Å². The summed E-state index contributed by atoms with van der Waals surface area (Å²) < 4.78 is 22.4. The zero-order valence-corrected chi connectivity index (χ0v) is 11.8. The van der Waals surface area contributed by atoms with Crippen LogP contribution in [0.1, 0.15) is 27.7 Å². The third-order valence-corrected chi connectivity index (χ3v) is 5.52. The van der Waals surface area contributed by atoms with Crippen molar-refractivity contribution in [1.29, 1.82) is 0 Å². The minimum absolute atomic E-state index is 0.0386. The maximum absolute atomic E-state index is 12.4. The molecule has 0 spiro atoms. The zero-order chi connectivity index (χ0) is 14.6. The smallest absolute Gasteiger partial charge is 0.335 e. The summed E-state index contributed by atoms with van der Waals surface area (Å²) in [6.45, 7) is 5.45. The van der Waals surface area contributed by atoms with Crippen LogP contribution < -0.4 is 0 Å². The standard InChI is InChI=1S/C10H19O7P/c1-5-16-18(15,17-6-2)7(3)10(4,8(11)12)9(13)14/h7H,5-6H2,1-4H3,(H,11,12)(H,13,14). The quantitative estimate of drug-likeness (QED) is 0.516. The van der Waals surface area contributed by atoms with Gasteiger partial charge in [0, 0.05) is 0 Å². The van der Waals surface area contributed by atoms with E-state index >= 15 is 0 Å². The predicted molar refractivity (Wildman–Crippen MR) is 63.7 cm³/mol. The highest BCUT2D eigenvalue weighted by Crippen LogP contribution is 2.58. The van der Waals surface area contributed by atoms with Crippen LogP contribution in [0.25, 0.3) is 0 Å². The van der Waals surface area contributed by atoms with E-state index in [9.17, 15) is 14.2 Å². The van der Waals surface area contributed by atoms with Crippen LogP contribution in [0, 0.1) is 5.41 Å². The van der Waals surface area contributed by atoms with Crippen molar-refractivity contribution < 1.29 is 33.4 Å². The van der Waals surface area contributed by atoms with Crippen molar-refractivity contribution in [2.45, 2.75) is 33.4 Å². The minimum Gasteiger partial charge on any atom is -0.480 e. The van der Waals surface area contributed by atoms with Crippen LogP contribution in [0.3, 0.4) is 0 Å². The fraction of sp³-hybridized carbons (Fsp3) is 0.800. The molecule has 1 atom stereocenters. The highest BCUT2D eigenvalue weighted by Gasteiger charge is 2.55. The Hall–Kier alpha value is -0.910. The molecule has 0 aromatic heterocycles. The molecule has 2 N–H and O–H groups in total. The molecule has 0 amide bonds. The van der Waals surface area contributed by atoms with Crippen LogP contribution >= 0.6 is 7.60 Å². The lowest BCUT2D eigenvalue weighted by atomic mass is 9.87. The lowest BCUT2D eigenvalue weighted by molar-refractivity contribution is -0.163. The van der Waals surface area contributed by atoms with Crippen LogP contribution in [0.5, 0.6) is 0 Å². The molecule has 106 valence electrons. The molecule has 18 heavy (non-hydrogen) atoms. The molecule has 0 aliphatic carbocycles. The molecular formula is C10H19O7P. The Balaban J connectivity index is 5.54. The minimum atomic E-state index is -3.80. The van der Waals surface area contributed by atoms with E-state index in [1.807, 2.05) is 0 Å². The Morgan fingerprint density at radius 3 is 1.72 bits per heavy atom. The van der Waals surface area contributed by atoms with Crippen LogP contribution in [-0.4, -0.2) is 41.0 Å². The number of carboxylic acid groups (broad SMARTS) is 2. The molecule has 0 fully saturated rings. The third-order valence-electron chi connectivity index (χ3n) is 2.82. The van der Waals surface area contributed by atoms with E-state index in [-0.39, 0.29) is 13.2 Å². The van der Waals surface area contributed by atoms with Crippen molar-refractivity contribution >= 4 is 19.5 Å². The van der Waals surface area contributed by atoms with Crippen molar-refractivity contribution in [3.8, 4) is 0 Å². The average Bonchev–Trinajstić information content (AvgIpc) is 2.26. The molecule has 0 saturated carbocycles. The summed E-state index contributed by atoms with van der Waals surface area (Å²) in [5, 5.41) is 18.1. The van der Waals surface area contributed by atoms with Gasteiger partial charge in [-0.15, -0.1) is 0 Å². The second kappa shape index (κ2) is 6.31. The van der Waals surface area contributed by atoms with Gasteiger partial charge in [0.1, 0.15) is 0 Å². The summed E-state index contributed by atoms with van der Waals surface area (Å²) in [6, 6.07) is 0. The van der Waals surface area contributed by atoms with Crippen molar-refractivity contribution in [1.82, 2.24) is 0 Å². The Kier molecular flexibility index (Phi) is 5.99. The molecule has 0 rings (SSSR count). The molecule has 0 aromatic carbocycles. The monoisotopic (exact) mass is 282 g/mol. The van der Waals surface area contributed by atoms with Crippen LogP contribution in [0.4, 0.5) is 0 Å². The topological polar surface area (TPSA) is 110 Å². The molecular weight excluding hydrogens is 263 g/mol. The van der Waals surface area contributed by atoms with Crippen molar-refractivity contribution in [2.75, 3.05) is 13.2 Å². The summed E-state index contributed by atoms with van der Waals surface area (Å²) in [7, 11) is -3.80. The van der Waals surface area contributed by atoms with Gasteiger partial charge in [0.25, 0.3) is 0 Å². The van der Waals surface area contributed by atoms with Gasteiger partial charge in [0.05, 0.1) is 18.9 Å².